The normalized spacial score (nSPS) is 17.7. The van der Waals surface area contributed by atoms with Crippen LogP contribution in [0.1, 0.15) is 33.3 Å². The van der Waals surface area contributed by atoms with Crippen molar-refractivity contribution in [2.45, 2.75) is 45.1 Å². The number of rotatable bonds is 3. The van der Waals surface area contributed by atoms with Gasteiger partial charge in [0, 0.05) is 6.20 Å². The number of hydrogen-bond acceptors (Lipinski definition) is 4. The number of amides is 2. The number of nitrogens with one attached hydrogen (secondary N) is 2. The number of hydrogen-bond donors (Lipinski definition) is 2. The van der Waals surface area contributed by atoms with Crippen molar-refractivity contribution in [2.75, 3.05) is 10.6 Å². The summed E-state index contributed by atoms with van der Waals surface area (Å²) in [6.45, 7) is 7.47. The molecule has 1 aromatic heterocycles. The van der Waals surface area contributed by atoms with Gasteiger partial charge in [0.2, 0.25) is 0 Å². The Bertz CT molecular complexity index is 950. The molecule has 3 rings (SSSR count). The van der Waals surface area contributed by atoms with Gasteiger partial charge >= 0.3 is 19.3 Å². The van der Waals surface area contributed by atoms with E-state index in [1.54, 1.807) is 0 Å². The molecule has 160 valence electrons. The first-order valence-corrected chi connectivity index (χ1v) is 9.05. The van der Waals surface area contributed by atoms with E-state index in [0.29, 0.717) is 11.5 Å². The third kappa shape index (κ3) is 4.57. The molecule has 30 heavy (non-hydrogen) atoms. The molecule has 0 unspecified atom stereocenters. The molecule has 1 aliphatic rings. The highest BCUT2D eigenvalue weighted by molar-refractivity contribution is 6.62. The SMILES string of the molecule is CC1(C)OB(c2ccc(NC(=O)Nc3cc(C(F)(F)F)ccn3)c(F)c2)OC1(C)C. The Morgan fingerprint density at radius 2 is 1.67 bits per heavy atom. The zero-order chi connectivity index (χ0) is 22.3. The van der Waals surface area contributed by atoms with Crippen molar-refractivity contribution in [2.24, 2.45) is 0 Å². The maximum Gasteiger partial charge on any atom is 0.494 e. The van der Waals surface area contributed by atoms with Crippen LogP contribution in [0.2, 0.25) is 0 Å². The van der Waals surface area contributed by atoms with Gasteiger partial charge in [-0.2, -0.15) is 13.2 Å². The van der Waals surface area contributed by atoms with Crippen molar-refractivity contribution in [1.82, 2.24) is 4.98 Å². The lowest BCUT2D eigenvalue weighted by Gasteiger charge is -2.32. The van der Waals surface area contributed by atoms with Gasteiger partial charge < -0.3 is 14.6 Å². The maximum absolute atomic E-state index is 14.5. The second kappa shape index (κ2) is 7.55. The number of halogens is 4. The van der Waals surface area contributed by atoms with E-state index in [1.807, 2.05) is 27.7 Å². The van der Waals surface area contributed by atoms with E-state index >= 15 is 0 Å². The van der Waals surface area contributed by atoms with Crippen LogP contribution in [0.25, 0.3) is 0 Å². The van der Waals surface area contributed by atoms with E-state index in [2.05, 4.69) is 15.6 Å². The second-order valence-electron chi connectivity index (χ2n) is 7.83. The zero-order valence-corrected chi connectivity index (χ0v) is 16.7. The summed E-state index contributed by atoms with van der Waals surface area (Å²) in [5.41, 5.74) is -1.90. The smallest absolute Gasteiger partial charge is 0.399 e. The average molecular weight is 425 g/mol. The lowest BCUT2D eigenvalue weighted by Crippen LogP contribution is -2.41. The summed E-state index contributed by atoms with van der Waals surface area (Å²) in [4.78, 5) is 15.7. The molecule has 11 heteroatoms. The Labute approximate surface area is 171 Å². The van der Waals surface area contributed by atoms with Crippen molar-refractivity contribution in [3.63, 3.8) is 0 Å². The summed E-state index contributed by atoms with van der Waals surface area (Å²) >= 11 is 0. The van der Waals surface area contributed by atoms with Gasteiger partial charge in [0.05, 0.1) is 22.5 Å². The predicted octanol–water partition coefficient (Wildman–Crippen LogP) is 4.18. The third-order valence-electron chi connectivity index (χ3n) is 5.10. The molecule has 0 aliphatic carbocycles. The molecule has 1 fully saturated rings. The molecule has 0 radical (unpaired) electrons. The van der Waals surface area contributed by atoms with Gasteiger partial charge in [0.15, 0.2) is 0 Å². The largest absolute Gasteiger partial charge is 0.494 e. The number of nitrogens with zero attached hydrogens (tertiary/aromatic N) is 1. The van der Waals surface area contributed by atoms with Gasteiger partial charge in [-0.1, -0.05) is 6.07 Å². The van der Waals surface area contributed by atoms with Gasteiger partial charge in [-0.05, 0) is 57.4 Å². The molecule has 1 aliphatic heterocycles. The van der Waals surface area contributed by atoms with Gasteiger partial charge in [-0.3, -0.25) is 5.32 Å². The lowest BCUT2D eigenvalue weighted by atomic mass is 9.79. The van der Waals surface area contributed by atoms with Gasteiger partial charge in [-0.25, -0.2) is 14.2 Å². The minimum atomic E-state index is -4.58. The first kappa shape index (κ1) is 22.0. The number of benzene rings is 1. The summed E-state index contributed by atoms with van der Waals surface area (Å²) in [6, 6.07) is 4.52. The zero-order valence-electron chi connectivity index (χ0n) is 16.7. The van der Waals surface area contributed by atoms with Crippen LogP contribution in [0.15, 0.2) is 36.5 Å². The molecule has 0 saturated carbocycles. The van der Waals surface area contributed by atoms with Crippen LogP contribution in [0.3, 0.4) is 0 Å². The van der Waals surface area contributed by atoms with Gasteiger partial charge in [0.1, 0.15) is 11.6 Å². The summed E-state index contributed by atoms with van der Waals surface area (Å²) in [5.74, 6) is -1.08. The fourth-order valence-corrected chi connectivity index (χ4v) is 2.70. The molecule has 0 bridgehead atoms. The fraction of sp³-hybridized carbons (Fsp3) is 0.368. The van der Waals surface area contributed by atoms with Crippen molar-refractivity contribution >= 4 is 30.1 Å². The number of pyridine rings is 1. The second-order valence-corrected chi connectivity index (χ2v) is 7.83. The van der Waals surface area contributed by atoms with E-state index < -0.39 is 41.9 Å². The van der Waals surface area contributed by atoms with E-state index in [4.69, 9.17) is 9.31 Å². The lowest BCUT2D eigenvalue weighted by molar-refractivity contribution is -0.137. The topological polar surface area (TPSA) is 72.5 Å². The molecule has 2 amide bonds. The van der Waals surface area contributed by atoms with Gasteiger partial charge in [-0.15, -0.1) is 0 Å². The summed E-state index contributed by atoms with van der Waals surface area (Å²) in [6.07, 6.45) is -3.66. The standard InChI is InChI=1S/C19H20BF4N3O3/c1-17(2)18(3,4)30-20(29-17)12-5-6-14(13(21)10-12)26-16(28)27-15-9-11(7-8-25-15)19(22,23)24/h5-10H,1-4H3,(H2,25,26,27,28). The molecular weight excluding hydrogens is 405 g/mol. The molecular formula is C19H20BF4N3O3. The molecule has 6 nitrogen and oxygen atoms in total. The number of aromatic nitrogens is 1. The number of carbonyl (C=O) groups excluding carboxylic acids is 1. The highest BCUT2D eigenvalue weighted by Crippen LogP contribution is 2.36. The molecule has 1 saturated heterocycles. The van der Waals surface area contributed by atoms with E-state index in [1.165, 1.54) is 18.2 Å². The minimum absolute atomic E-state index is 0.167. The van der Waals surface area contributed by atoms with Crippen LogP contribution in [0.5, 0.6) is 0 Å². The number of urea groups is 1. The van der Waals surface area contributed by atoms with Crippen LogP contribution >= 0.6 is 0 Å². The number of carbonyl (C=O) groups is 1. The highest BCUT2D eigenvalue weighted by Gasteiger charge is 2.51. The highest BCUT2D eigenvalue weighted by atomic mass is 19.4. The molecule has 0 spiro atoms. The minimum Gasteiger partial charge on any atom is -0.399 e. The van der Waals surface area contributed by atoms with Crippen molar-refractivity contribution < 1.29 is 31.7 Å². The Balaban J connectivity index is 1.69. The Morgan fingerprint density at radius 1 is 1.03 bits per heavy atom. The molecule has 2 aromatic rings. The molecule has 2 N–H and O–H groups in total. The first-order valence-electron chi connectivity index (χ1n) is 9.05. The summed E-state index contributed by atoms with van der Waals surface area (Å²) < 4.78 is 64.4. The van der Waals surface area contributed by atoms with Crippen molar-refractivity contribution in [3.05, 3.63) is 47.9 Å². The maximum atomic E-state index is 14.5. The monoisotopic (exact) mass is 425 g/mol. The molecule has 1 aromatic carbocycles. The van der Waals surface area contributed by atoms with Crippen LogP contribution in [-0.2, 0) is 15.5 Å². The molecule has 2 heterocycles. The Kier molecular flexibility index (Phi) is 5.55. The predicted molar refractivity (Wildman–Crippen MR) is 104 cm³/mol. The van der Waals surface area contributed by atoms with E-state index in [-0.39, 0.29) is 11.5 Å². The van der Waals surface area contributed by atoms with Gasteiger partial charge in [0.25, 0.3) is 0 Å². The average Bonchev–Trinajstić information content (AvgIpc) is 2.84. The van der Waals surface area contributed by atoms with E-state index in [0.717, 1.165) is 12.3 Å². The van der Waals surface area contributed by atoms with Crippen molar-refractivity contribution in [3.8, 4) is 0 Å². The first-order chi connectivity index (χ1) is 13.8. The van der Waals surface area contributed by atoms with Crippen LogP contribution in [0, 0.1) is 5.82 Å². The Hall–Kier alpha value is -2.66. The fourth-order valence-electron chi connectivity index (χ4n) is 2.70. The van der Waals surface area contributed by atoms with Crippen molar-refractivity contribution in [1.29, 1.82) is 0 Å². The number of alkyl halides is 3. The number of anilines is 2. The quantitative estimate of drug-likeness (QED) is 0.572. The summed E-state index contributed by atoms with van der Waals surface area (Å²) in [5, 5.41) is 4.38. The van der Waals surface area contributed by atoms with E-state index in [9.17, 15) is 22.4 Å². The van der Waals surface area contributed by atoms with Crippen LogP contribution < -0.4 is 16.1 Å². The summed E-state index contributed by atoms with van der Waals surface area (Å²) in [7, 11) is -0.776. The van der Waals surface area contributed by atoms with Crippen LogP contribution in [-0.4, -0.2) is 29.3 Å². The van der Waals surface area contributed by atoms with Crippen LogP contribution in [0.4, 0.5) is 33.9 Å². The molecule has 0 atom stereocenters. The third-order valence-corrected chi connectivity index (χ3v) is 5.10. The Morgan fingerprint density at radius 3 is 2.23 bits per heavy atom.